The number of ether oxygens (including phenoxy) is 1. The summed E-state index contributed by atoms with van der Waals surface area (Å²) in [6.45, 7) is 3.44. The molecular formula is C16H16N2O4. The molecule has 1 atom stereocenters. The average Bonchev–Trinajstić information content (AvgIpc) is 2.52. The van der Waals surface area contributed by atoms with Gasteiger partial charge in [0, 0.05) is 18.0 Å². The Kier molecular flexibility index (Phi) is 5.08. The summed E-state index contributed by atoms with van der Waals surface area (Å²) >= 11 is 0. The lowest BCUT2D eigenvalue weighted by atomic mass is 10.1. The maximum absolute atomic E-state index is 11.5. The third-order valence-electron chi connectivity index (χ3n) is 3.01. The standard InChI is InChI=1S/C16H16N2O4/c1-2-7-22-16(21)18-14(15(19)20)9-11-8-12-5-3-4-6-13(12)17-10-11/h2-6,8,10,14H,1,7,9H2,(H,18,21)(H,19,20)/t14-/m0/s1. The minimum absolute atomic E-state index is 0.0235. The van der Waals surface area contributed by atoms with Gasteiger partial charge in [0.25, 0.3) is 0 Å². The predicted molar refractivity (Wildman–Crippen MR) is 81.6 cm³/mol. The third kappa shape index (κ3) is 4.05. The molecule has 0 bridgehead atoms. The number of carbonyl (C=O) groups is 2. The highest BCUT2D eigenvalue weighted by Gasteiger charge is 2.21. The van der Waals surface area contributed by atoms with Gasteiger partial charge in [0.2, 0.25) is 0 Å². The summed E-state index contributed by atoms with van der Waals surface area (Å²) in [6, 6.07) is 8.31. The van der Waals surface area contributed by atoms with E-state index in [0.717, 1.165) is 16.5 Å². The monoisotopic (exact) mass is 300 g/mol. The third-order valence-corrected chi connectivity index (χ3v) is 3.01. The summed E-state index contributed by atoms with van der Waals surface area (Å²) < 4.78 is 4.73. The lowest BCUT2D eigenvalue weighted by Crippen LogP contribution is -2.42. The normalized spacial score (nSPS) is 11.6. The number of hydrogen-bond acceptors (Lipinski definition) is 4. The molecule has 0 spiro atoms. The van der Waals surface area contributed by atoms with Crippen molar-refractivity contribution in [3.05, 3.63) is 54.7 Å². The van der Waals surface area contributed by atoms with Gasteiger partial charge in [-0.2, -0.15) is 0 Å². The van der Waals surface area contributed by atoms with Crippen LogP contribution in [0.3, 0.4) is 0 Å². The number of amides is 1. The fraction of sp³-hybridized carbons (Fsp3) is 0.188. The zero-order valence-electron chi connectivity index (χ0n) is 11.9. The number of rotatable bonds is 6. The van der Waals surface area contributed by atoms with Gasteiger partial charge in [-0.15, -0.1) is 0 Å². The Morgan fingerprint density at radius 2 is 2.18 bits per heavy atom. The Morgan fingerprint density at radius 3 is 2.91 bits per heavy atom. The lowest BCUT2D eigenvalue weighted by Gasteiger charge is -2.14. The quantitative estimate of drug-likeness (QED) is 0.798. The maximum Gasteiger partial charge on any atom is 0.408 e. The van der Waals surface area contributed by atoms with Crippen LogP contribution >= 0.6 is 0 Å². The number of nitrogens with one attached hydrogen (secondary N) is 1. The number of aliphatic carboxylic acids is 1. The molecule has 6 nitrogen and oxygen atoms in total. The SMILES string of the molecule is C=CCOC(=O)N[C@@H](Cc1cnc2ccccc2c1)C(=O)O. The highest BCUT2D eigenvalue weighted by atomic mass is 16.5. The Labute approximate surface area is 127 Å². The van der Waals surface area contributed by atoms with Crippen LogP contribution in [0.5, 0.6) is 0 Å². The molecule has 0 fully saturated rings. The summed E-state index contributed by atoms with van der Waals surface area (Å²) in [5.41, 5.74) is 1.55. The summed E-state index contributed by atoms with van der Waals surface area (Å²) in [7, 11) is 0. The first kappa shape index (κ1) is 15.5. The molecule has 114 valence electrons. The first-order chi connectivity index (χ1) is 10.6. The van der Waals surface area contributed by atoms with Gasteiger partial charge in [-0.05, 0) is 17.7 Å². The molecule has 1 aromatic heterocycles. The number of hydrogen-bond donors (Lipinski definition) is 2. The molecule has 1 amide bonds. The highest BCUT2D eigenvalue weighted by molar-refractivity contribution is 5.81. The van der Waals surface area contributed by atoms with Gasteiger partial charge in [0.1, 0.15) is 12.6 Å². The van der Waals surface area contributed by atoms with E-state index in [1.54, 1.807) is 6.20 Å². The summed E-state index contributed by atoms with van der Waals surface area (Å²) in [5, 5.41) is 12.4. The fourth-order valence-corrected chi connectivity index (χ4v) is 1.98. The molecule has 0 unspecified atom stereocenters. The van der Waals surface area contributed by atoms with E-state index in [4.69, 9.17) is 4.74 Å². The summed E-state index contributed by atoms with van der Waals surface area (Å²) in [5.74, 6) is -1.14. The van der Waals surface area contributed by atoms with Crippen LogP contribution < -0.4 is 5.32 Å². The average molecular weight is 300 g/mol. The zero-order valence-corrected chi connectivity index (χ0v) is 11.9. The Bertz CT molecular complexity index is 699. The van der Waals surface area contributed by atoms with E-state index in [2.05, 4.69) is 16.9 Å². The minimum Gasteiger partial charge on any atom is -0.480 e. The van der Waals surface area contributed by atoms with Crippen molar-refractivity contribution in [2.45, 2.75) is 12.5 Å². The number of nitrogens with zero attached hydrogens (tertiary/aromatic N) is 1. The van der Waals surface area contributed by atoms with E-state index in [1.807, 2.05) is 30.3 Å². The Balaban J connectivity index is 2.10. The number of para-hydroxylation sites is 1. The molecule has 2 N–H and O–H groups in total. The van der Waals surface area contributed by atoms with Gasteiger partial charge in [-0.25, -0.2) is 9.59 Å². The number of benzene rings is 1. The van der Waals surface area contributed by atoms with Crippen LogP contribution in [0.2, 0.25) is 0 Å². The molecular weight excluding hydrogens is 284 g/mol. The smallest absolute Gasteiger partial charge is 0.408 e. The van der Waals surface area contributed by atoms with Crippen LogP contribution in [0.4, 0.5) is 4.79 Å². The first-order valence-electron chi connectivity index (χ1n) is 6.71. The largest absolute Gasteiger partial charge is 0.480 e. The van der Waals surface area contributed by atoms with Crippen molar-refractivity contribution < 1.29 is 19.4 Å². The van der Waals surface area contributed by atoms with E-state index in [9.17, 15) is 14.7 Å². The van der Waals surface area contributed by atoms with Gasteiger partial charge in [0.05, 0.1) is 5.52 Å². The summed E-state index contributed by atoms with van der Waals surface area (Å²) in [4.78, 5) is 27.0. The van der Waals surface area contributed by atoms with Gasteiger partial charge in [-0.3, -0.25) is 4.98 Å². The molecule has 0 aliphatic heterocycles. The molecule has 0 saturated heterocycles. The van der Waals surface area contributed by atoms with Crippen molar-refractivity contribution >= 4 is 23.0 Å². The van der Waals surface area contributed by atoms with Crippen molar-refractivity contribution in [3.63, 3.8) is 0 Å². The van der Waals surface area contributed by atoms with E-state index in [1.165, 1.54) is 6.08 Å². The molecule has 0 aliphatic rings. The van der Waals surface area contributed by atoms with Crippen molar-refractivity contribution in [3.8, 4) is 0 Å². The number of carboxylic acid groups (broad SMARTS) is 1. The van der Waals surface area contributed by atoms with E-state index >= 15 is 0 Å². The van der Waals surface area contributed by atoms with Gasteiger partial charge < -0.3 is 15.2 Å². The second-order valence-corrected chi connectivity index (χ2v) is 4.66. The molecule has 0 aliphatic carbocycles. The maximum atomic E-state index is 11.5. The molecule has 0 radical (unpaired) electrons. The van der Waals surface area contributed by atoms with Crippen molar-refractivity contribution in [1.82, 2.24) is 10.3 Å². The van der Waals surface area contributed by atoms with Crippen LogP contribution in [-0.4, -0.2) is 34.8 Å². The number of carbonyl (C=O) groups excluding carboxylic acids is 1. The van der Waals surface area contributed by atoms with Crippen LogP contribution in [0.1, 0.15) is 5.56 Å². The van der Waals surface area contributed by atoms with Crippen LogP contribution in [-0.2, 0) is 16.0 Å². The second-order valence-electron chi connectivity index (χ2n) is 4.66. The van der Waals surface area contributed by atoms with Gasteiger partial charge >= 0.3 is 12.1 Å². The topological polar surface area (TPSA) is 88.5 Å². The molecule has 1 heterocycles. The highest BCUT2D eigenvalue weighted by Crippen LogP contribution is 2.14. The van der Waals surface area contributed by atoms with E-state index < -0.39 is 18.1 Å². The number of pyridine rings is 1. The summed E-state index contributed by atoms with van der Waals surface area (Å²) in [6.07, 6.45) is 2.34. The molecule has 2 aromatic rings. The second kappa shape index (κ2) is 7.21. The van der Waals surface area contributed by atoms with Gasteiger partial charge in [-0.1, -0.05) is 30.9 Å². The Hall–Kier alpha value is -2.89. The van der Waals surface area contributed by atoms with Crippen LogP contribution in [0, 0.1) is 0 Å². The molecule has 2 rings (SSSR count). The molecule has 1 aromatic carbocycles. The minimum atomic E-state index is -1.14. The van der Waals surface area contributed by atoms with E-state index in [-0.39, 0.29) is 13.0 Å². The van der Waals surface area contributed by atoms with Crippen LogP contribution in [0.25, 0.3) is 10.9 Å². The number of carboxylic acids is 1. The number of alkyl carbamates (subject to hydrolysis) is 1. The first-order valence-corrected chi connectivity index (χ1v) is 6.71. The molecule has 22 heavy (non-hydrogen) atoms. The van der Waals surface area contributed by atoms with Crippen molar-refractivity contribution in [1.29, 1.82) is 0 Å². The van der Waals surface area contributed by atoms with Crippen molar-refractivity contribution in [2.75, 3.05) is 6.61 Å². The van der Waals surface area contributed by atoms with Gasteiger partial charge in [0.15, 0.2) is 0 Å². The molecule has 6 heteroatoms. The zero-order chi connectivity index (χ0) is 15.9. The van der Waals surface area contributed by atoms with Crippen LogP contribution in [0.15, 0.2) is 49.2 Å². The number of aromatic nitrogens is 1. The van der Waals surface area contributed by atoms with Crippen molar-refractivity contribution in [2.24, 2.45) is 0 Å². The number of fused-ring (bicyclic) bond motifs is 1. The molecule has 0 saturated carbocycles. The predicted octanol–water partition coefficient (Wildman–Crippen LogP) is 2.14. The lowest BCUT2D eigenvalue weighted by molar-refractivity contribution is -0.139. The Morgan fingerprint density at radius 1 is 1.41 bits per heavy atom. The fourth-order valence-electron chi connectivity index (χ4n) is 1.98. The van der Waals surface area contributed by atoms with E-state index in [0.29, 0.717) is 0 Å².